The van der Waals surface area contributed by atoms with Crippen LogP contribution in [0.15, 0.2) is 59.6 Å². The van der Waals surface area contributed by atoms with Gasteiger partial charge in [-0.05, 0) is 37.6 Å². The Hall–Kier alpha value is -2.09. The third-order valence-electron chi connectivity index (χ3n) is 3.71. The zero-order chi connectivity index (χ0) is 16.1. The number of imidazole rings is 1. The average molecular weight is 435 g/mol. The summed E-state index contributed by atoms with van der Waals surface area (Å²) in [5.41, 5.74) is 9.07. The molecular weight excluding hydrogens is 413 g/mol. The maximum atomic E-state index is 5.91. The Bertz CT molecular complexity index is 811. The Morgan fingerprint density at radius 2 is 1.83 bits per heavy atom. The van der Waals surface area contributed by atoms with Gasteiger partial charge in [-0.3, -0.25) is 4.99 Å². The minimum Gasteiger partial charge on any atom is -0.370 e. The number of fused-ring (bicyclic) bond motifs is 1. The highest BCUT2D eigenvalue weighted by Gasteiger charge is 2.05. The van der Waals surface area contributed by atoms with Gasteiger partial charge in [-0.1, -0.05) is 30.3 Å². The molecule has 1 aromatic heterocycles. The second-order valence-corrected chi connectivity index (χ2v) is 5.41. The third-order valence-corrected chi connectivity index (χ3v) is 3.71. The van der Waals surface area contributed by atoms with E-state index in [9.17, 15) is 0 Å². The number of aryl methyl sites for hydroxylation is 2. The van der Waals surface area contributed by atoms with Gasteiger partial charge in [0.15, 0.2) is 5.96 Å². The summed E-state index contributed by atoms with van der Waals surface area (Å²) in [5, 5.41) is 3.09. The summed E-state index contributed by atoms with van der Waals surface area (Å²) < 4.78 is 2.23. The molecule has 2 aromatic carbocycles. The Morgan fingerprint density at radius 3 is 2.62 bits per heavy atom. The highest BCUT2D eigenvalue weighted by atomic mass is 127. The molecule has 0 fully saturated rings. The number of benzene rings is 2. The van der Waals surface area contributed by atoms with Crippen LogP contribution in [0.1, 0.15) is 12.2 Å². The summed E-state index contributed by atoms with van der Waals surface area (Å²) >= 11 is 0. The first-order valence-corrected chi connectivity index (χ1v) is 7.78. The summed E-state index contributed by atoms with van der Waals surface area (Å²) in [6.45, 7) is 3.60. The molecular formula is C18H22IN5. The topological polar surface area (TPSA) is 68.2 Å². The lowest BCUT2D eigenvalue weighted by Gasteiger charge is -2.07. The number of aliphatic imine (C=N–C) groups is 1. The van der Waals surface area contributed by atoms with Crippen molar-refractivity contribution in [2.24, 2.45) is 10.7 Å². The van der Waals surface area contributed by atoms with Crippen LogP contribution < -0.4 is 11.1 Å². The normalized spacial score (nSPS) is 11.3. The van der Waals surface area contributed by atoms with E-state index in [0.29, 0.717) is 12.5 Å². The molecule has 0 bridgehead atoms. The predicted molar refractivity (Wildman–Crippen MR) is 111 cm³/mol. The molecule has 24 heavy (non-hydrogen) atoms. The molecule has 6 heteroatoms. The van der Waals surface area contributed by atoms with Crippen LogP contribution in [0.25, 0.3) is 11.0 Å². The van der Waals surface area contributed by atoms with Gasteiger partial charge in [-0.15, -0.1) is 24.0 Å². The molecule has 0 aliphatic heterocycles. The van der Waals surface area contributed by atoms with E-state index < -0.39 is 0 Å². The van der Waals surface area contributed by atoms with Crippen molar-refractivity contribution in [1.29, 1.82) is 0 Å². The van der Waals surface area contributed by atoms with Gasteiger partial charge in [-0.2, -0.15) is 0 Å². The first-order valence-electron chi connectivity index (χ1n) is 7.78. The molecule has 0 radical (unpaired) electrons. The van der Waals surface area contributed by atoms with Crippen molar-refractivity contribution in [1.82, 2.24) is 9.55 Å². The van der Waals surface area contributed by atoms with E-state index in [1.807, 2.05) is 55.5 Å². The molecule has 0 amide bonds. The Kier molecular flexibility index (Phi) is 6.60. The van der Waals surface area contributed by atoms with Crippen LogP contribution in [0.4, 0.5) is 5.69 Å². The Balaban J connectivity index is 0.00000208. The Labute approximate surface area is 159 Å². The van der Waals surface area contributed by atoms with Crippen molar-refractivity contribution in [3.05, 3.63) is 60.4 Å². The van der Waals surface area contributed by atoms with E-state index in [1.54, 1.807) is 0 Å². The lowest BCUT2D eigenvalue weighted by molar-refractivity contribution is 0.649. The first kappa shape index (κ1) is 18.3. The third kappa shape index (κ3) is 4.47. The lowest BCUT2D eigenvalue weighted by Crippen LogP contribution is -2.22. The van der Waals surface area contributed by atoms with Crippen molar-refractivity contribution in [3.8, 4) is 0 Å². The highest BCUT2D eigenvalue weighted by molar-refractivity contribution is 14.0. The summed E-state index contributed by atoms with van der Waals surface area (Å²) in [7, 11) is 0. The largest absolute Gasteiger partial charge is 0.370 e. The lowest BCUT2D eigenvalue weighted by atomic mass is 10.3. The zero-order valence-electron chi connectivity index (χ0n) is 13.6. The fourth-order valence-electron chi connectivity index (χ4n) is 2.62. The van der Waals surface area contributed by atoms with Gasteiger partial charge in [0.25, 0.3) is 0 Å². The van der Waals surface area contributed by atoms with Gasteiger partial charge in [0.05, 0.1) is 11.0 Å². The number of para-hydroxylation sites is 3. The number of anilines is 1. The fraction of sp³-hybridized carbons (Fsp3) is 0.222. The number of rotatable bonds is 5. The zero-order valence-corrected chi connectivity index (χ0v) is 16.0. The number of nitrogens with two attached hydrogens (primary N) is 1. The molecule has 1 heterocycles. The smallest absolute Gasteiger partial charge is 0.193 e. The summed E-state index contributed by atoms with van der Waals surface area (Å²) in [6, 6.07) is 18.0. The number of guanidine groups is 1. The van der Waals surface area contributed by atoms with E-state index in [1.165, 1.54) is 5.52 Å². The van der Waals surface area contributed by atoms with Gasteiger partial charge in [0.2, 0.25) is 0 Å². The molecule has 3 aromatic rings. The minimum absolute atomic E-state index is 0. The van der Waals surface area contributed by atoms with Crippen molar-refractivity contribution in [2.45, 2.75) is 19.9 Å². The second-order valence-electron chi connectivity index (χ2n) is 5.41. The van der Waals surface area contributed by atoms with Crippen molar-refractivity contribution < 1.29 is 0 Å². The Morgan fingerprint density at radius 1 is 1.12 bits per heavy atom. The highest BCUT2D eigenvalue weighted by Crippen LogP contribution is 2.15. The number of nitrogens with one attached hydrogen (secondary N) is 1. The van der Waals surface area contributed by atoms with E-state index in [4.69, 9.17) is 5.73 Å². The molecule has 3 rings (SSSR count). The molecule has 0 saturated heterocycles. The molecule has 126 valence electrons. The van der Waals surface area contributed by atoms with Crippen LogP contribution in [0.5, 0.6) is 0 Å². The van der Waals surface area contributed by atoms with Crippen molar-refractivity contribution >= 4 is 46.7 Å². The number of hydrogen-bond acceptors (Lipinski definition) is 2. The molecule has 0 unspecified atom stereocenters. The molecule has 3 N–H and O–H groups in total. The number of nitrogens with zero attached hydrogens (tertiary/aromatic N) is 3. The predicted octanol–water partition coefficient (Wildman–Crippen LogP) is 3.78. The van der Waals surface area contributed by atoms with Crippen LogP contribution in [0.2, 0.25) is 0 Å². The molecule has 0 saturated carbocycles. The van der Waals surface area contributed by atoms with Crippen molar-refractivity contribution in [3.63, 3.8) is 0 Å². The molecule has 0 spiro atoms. The number of hydrogen-bond donors (Lipinski definition) is 2. The maximum Gasteiger partial charge on any atom is 0.193 e. The summed E-state index contributed by atoms with van der Waals surface area (Å²) in [6.07, 6.45) is 0.915. The van der Waals surface area contributed by atoms with Gasteiger partial charge in [0.1, 0.15) is 5.82 Å². The monoisotopic (exact) mass is 435 g/mol. The minimum atomic E-state index is 0. The number of halogens is 1. The van der Waals surface area contributed by atoms with Gasteiger partial charge in [-0.25, -0.2) is 4.98 Å². The van der Waals surface area contributed by atoms with Crippen LogP contribution >= 0.6 is 24.0 Å². The SMILES string of the molecule is Cc1nc2ccccc2n1CCCN=C(N)Nc1ccccc1.I. The van der Waals surface area contributed by atoms with Crippen LogP contribution in [-0.2, 0) is 6.54 Å². The van der Waals surface area contributed by atoms with E-state index >= 15 is 0 Å². The van der Waals surface area contributed by atoms with Crippen LogP contribution in [-0.4, -0.2) is 22.1 Å². The summed E-state index contributed by atoms with van der Waals surface area (Å²) in [5.74, 6) is 1.48. The molecule has 0 aliphatic rings. The molecule has 0 aliphatic carbocycles. The van der Waals surface area contributed by atoms with E-state index in [0.717, 1.165) is 30.0 Å². The molecule has 0 atom stereocenters. The number of aromatic nitrogens is 2. The van der Waals surface area contributed by atoms with Gasteiger partial charge < -0.3 is 15.6 Å². The van der Waals surface area contributed by atoms with Gasteiger partial charge >= 0.3 is 0 Å². The van der Waals surface area contributed by atoms with E-state index in [2.05, 4.69) is 25.9 Å². The van der Waals surface area contributed by atoms with Gasteiger partial charge in [0, 0.05) is 18.8 Å². The second kappa shape index (κ2) is 8.68. The fourth-order valence-corrected chi connectivity index (χ4v) is 2.62. The van der Waals surface area contributed by atoms with Crippen molar-refractivity contribution in [2.75, 3.05) is 11.9 Å². The van der Waals surface area contributed by atoms with E-state index in [-0.39, 0.29) is 24.0 Å². The standard InChI is InChI=1S/C18H21N5.HI/c1-14-21-16-10-5-6-11-17(16)23(14)13-7-12-20-18(19)22-15-8-3-2-4-9-15;/h2-6,8-11H,7,12-13H2,1H3,(H3,19,20,22);1H. The van der Waals surface area contributed by atoms with Crippen LogP contribution in [0, 0.1) is 6.92 Å². The van der Waals surface area contributed by atoms with Crippen LogP contribution in [0.3, 0.4) is 0 Å². The molecule has 5 nitrogen and oxygen atoms in total. The summed E-state index contributed by atoms with van der Waals surface area (Å²) in [4.78, 5) is 8.95. The quantitative estimate of drug-likeness (QED) is 0.278. The average Bonchev–Trinajstić information content (AvgIpc) is 2.88. The maximum absolute atomic E-state index is 5.91. The first-order chi connectivity index (χ1) is 11.2.